The van der Waals surface area contributed by atoms with Crippen LogP contribution in [0, 0.1) is 0 Å². The molecule has 0 spiro atoms. The monoisotopic (exact) mass is 329 g/mol. The first-order valence-electron chi connectivity index (χ1n) is 8.70. The zero-order chi connectivity index (χ0) is 16.4. The summed E-state index contributed by atoms with van der Waals surface area (Å²) in [5.41, 5.74) is 1.22. The molecule has 0 amide bonds. The van der Waals surface area contributed by atoms with Gasteiger partial charge in [0.05, 0.1) is 12.7 Å². The number of hydrogen-bond donors (Lipinski definition) is 0. The van der Waals surface area contributed by atoms with E-state index in [4.69, 9.17) is 4.52 Å². The van der Waals surface area contributed by atoms with Gasteiger partial charge in [-0.15, -0.1) is 0 Å². The SMILES string of the molecule is O=c1cccnn1CCN1CCN(Cc2cnoc2C2CC2)CC1. The minimum absolute atomic E-state index is 0.0313. The van der Waals surface area contributed by atoms with E-state index in [9.17, 15) is 4.79 Å². The van der Waals surface area contributed by atoms with E-state index in [0.717, 1.165) is 45.0 Å². The summed E-state index contributed by atoms with van der Waals surface area (Å²) < 4.78 is 6.96. The minimum atomic E-state index is -0.0313. The van der Waals surface area contributed by atoms with Crippen molar-refractivity contribution in [1.29, 1.82) is 0 Å². The molecule has 7 heteroatoms. The Balaban J connectivity index is 1.25. The molecule has 2 aromatic rings. The lowest BCUT2D eigenvalue weighted by atomic mass is 10.1. The quantitative estimate of drug-likeness (QED) is 0.785. The zero-order valence-corrected chi connectivity index (χ0v) is 13.8. The lowest BCUT2D eigenvalue weighted by Crippen LogP contribution is -2.47. The number of piperazine rings is 1. The van der Waals surface area contributed by atoms with Crippen LogP contribution >= 0.6 is 0 Å². The van der Waals surface area contributed by atoms with Crippen molar-refractivity contribution >= 4 is 0 Å². The molecule has 0 bridgehead atoms. The van der Waals surface area contributed by atoms with Crippen LogP contribution in [0.4, 0.5) is 0 Å². The second-order valence-corrected chi connectivity index (χ2v) is 6.69. The fourth-order valence-corrected chi connectivity index (χ4v) is 3.27. The number of rotatable bonds is 6. The van der Waals surface area contributed by atoms with Gasteiger partial charge >= 0.3 is 0 Å². The summed E-state index contributed by atoms with van der Waals surface area (Å²) in [5, 5.41) is 8.09. The van der Waals surface area contributed by atoms with Crippen LogP contribution in [-0.2, 0) is 13.1 Å². The average Bonchev–Trinajstić information content (AvgIpc) is 3.35. The molecule has 0 aromatic carbocycles. The zero-order valence-electron chi connectivity index (χ0n) is 13.8. The Bertz CT molecular complexity index is 728. The van der Waals surface area contributed by atoms with Gasteiger partial charge in [0.1, 0.15) is 5.76 Å². The normalized spacial score (nSPS) is 19.7. The summed E-state index contributed by atoms with van der Waals surface area (Å²) in [6.07, 6.45) is 6.02. The molecule has 4 rings (SSSR count). The van der Waals surface area contributed by atoms with Gasteiger partial charge in [-0.1, -0.05) is 5.16 Å². The van der Waals surface area contributed by atoms with Crippen LogP contribution in [0.15, 0.2) is 33.8 Å². The molecule has 0 radical (unpaired) electrons. The molecule has 1 saturated heterocycles. The summed E-state index contributed by atoms with van der Waals surface area (Å²) in [7, 11) is 0. The van der Waals surface area contributed by atoms with Crippen molar-refractivity contribution in [3.63, 3.8) is 0 Å². The molecule has 0 atom stereocenters. The Labute approximate surface area is 140 Å². The van der Waals surface area contributed by atoms with E-state index < -0.39 is 0 Å². The maximum Gasteiger partial charge on any atom is 0.266 e. The van der Waals surface area contributed by atoms with E-state index in [1.165, 1.54) is 23.1 Å². The highest BCUT2D eigenvalue weighted by molar-refractivity contribution is 5.21. The Kier molecular flexibility index (Phi) is 4.44. The molecular weight excluding hydrogens is 306 g/mol. The van der Waals surface area contributed by atoms with Gasteiger partial charge in [-0.05, 0) is 18.9 Å². The molecule has 0 N–H and O–H groups in total. The van der Waals surface area contributed by atoms with E-state index in [1.54, 1.807) is 18.3 Å². The summed E-state index contributed by atoms with van der Waals surface area (Å²) in [6.45, 7) is 6.56. The molecule has 1 aliphatic carbocycles. The van der Waals surface area contributed by atoms with Gasteiger partial charge in [-0.3, -0.25) is 14.6 Å². The van der Waals surface area contributed by atoms with Crippen LogP contribution in [-0.4, -0.2) is 57.5 Å². The largest absolute Gasteiger partial charge is 0.361 e. The standard InChI is InChI=1S/C17H23N5O2/c23-16-2-1-5-18-22(16)11-10-20-6-8-21(9-7-20)13-15-12-19-24-17(15)14-3-4-14/h1-2,5,12,14H,3-4,6-11,13H2. The van der Waals surface area contributed by atoms with E-state index in [2.05, 4.69) is 20.1 Å². The van der Waals surface area contributed by atoms with Gasteiger partial charge in [0, 0.05) is 63.0 Å². The van der Waals surface area contributed by atoms with Crippen molar-refractivity contribution in [3.8, 4) is 0 Å². The van der Waals surface area contributed by atoms with Gasteiger partial charge in [0.15, 0.2) is 0 Å². The molecule has 2 fully saturated rings. The molecule has 1 saturated carbocycles. The molecule has 128 valence electrons. The van der Waals surface area contributed by atoms with Gasteiger partial charge in [-0.2, -0.15) is 5.10 Å². The van der Waals surface area contributed by atoms with E-state index >= 15 is 0 Å². The first kappa shape index (κ1) is 15.5. The lowest BCUT2D eigenvalue weighted by Gasteiger charge is -2.34. The van der Waals surface area contributed by atoms with Crippen LogP contribution in [0.2, 0.25) is 0 Å². The summed E-state index contributed by atoms with van der Waals surface area (Å²) >= 11 is 0. The van der Waals surface area contributed by atoms with Crippen molar-refractivity contribution < 1.29 is 4.52 Å². The summed E-state index contributed by atoms with van der Waals surface area (Å²) in [6, 6.07) is 3.24. The maximum absolute atomic E-state index is 11.7. The number of aromatic nitrogens is 3. The van der Waals surface area contributed by atoms with E-state index in [-0.39, 0.29) is 5.56 Å². The van der Waals surface area contributed by atoms with Gasteiger partial charge < -0.3 is 4.52 Å². The van der Waals surface area contributed by atoms with Crippen molar-refractivity contribution in [2.24, 2.45) is 0 Å². The number of hydrogen-bond acceptors (Lipinski definition) is 6. The molecule has 24 heavy (non-hydrogen) atoms. The van der Waals surface area contributed by atoms with Crippen LogP contribution in [0.1, 0.15) is 30.1 Å². The van der Waals surface area contributed by atoms with Crippen LogP contribution in [0.3, 0.4) is 0 Å². The predicted octanol–water partition coefficient (Wildman–Crippen LogP) is 0.927. The third kappa shape index (κ3) is 3.57. The van der Waals surface area contributed by atoms with Crippen LogP contribution in [0.5, 0.6) is 0 Å². The second kappa shape index (κ2) is 6.86. The van der Waals surface area contributed by atoms with Crippen molar-refractivity contribution in [2.45, 2.75) is 31.8 Å². The van der Waals surface area contributed by atoms with E-state index in [1.807, 2.05) is 6.20 Å². The van der Waals surface area contributed by atoms with Gasteiger partial charge in [0.25, 0.3) is 5.56 Å². The highest BCUT2D eigenvalue weighted by Crippen LogP contribution is 2.41. The summed E-state index contributed by atoms with van der Waals surface area (Å²) in [5.74, 6) is 1.72. The minimum Gasteiger partial charge on any atom is -0.361 e. The van der Waals surface area contributed by atoms with Crippen molar-refractivity contribution in [2.75, 3.05) is 32.7 Å². The van der Waals surface area contributed by atoms with Crippen molar-refractivity contribution in [3.05, 3.63) is 46.2 Å². The Morgan fingerprint density at radius 1 is 1.12 bits per heavy atom. The van der Waals surface area contributed by atoms with Crippen molar-refractivity contribution in [1.82, 2.24) is 24.7 Å². The molecule has 2 aromatic heterocycles. The summed E-state index contributed by atoms with van der Waals surface area (Å²) in [4.78, 5) is 16.5. The third-order valence-corrected chi connectivity index (χ3v) is 4.90. The second-order valence-electron chi connectivity index (χ2n) is 6.69. The maximum atomic E-state index is 11.7. The fraction of sp³-hybridized carbons (Fsp3) is 0.588. The molecule has 1 aliphatic heterocycles. The molecule has 3 heterocycles. The van der Waals surface area contributed by atoms with Crippen LogP contribution < -0.4 is 5.56 Å². The predicted molar refractivity (Wildman–Crippen MR) is 88.7 cm³/mol. The smallest absolute Gasteiger partial charge is 0.266 e. The van der Waals surface area contributed by atoms with Gasteiger partial charge in [0.2, 0.25) is 0 Å². The van der Waals surface area contributed by atoms with Gasteiger partial charge in [-0.25, -0.2) is 4.68 Å². The lowest BCUT2D eigenvalue weighted by molar-refractivity contribution is 0.122. The first-order valence-corrected chi connectivity index (χ1v) is 8.70. The van der Waals surface area contributed by atoms with Crippen LogP contribution in [0.25, 0.3) is 0 Å². The molecule has 0 unspecified atom stereocenters. The fourth-order valence-electron chi connectivity index (χ4n) is 3.27. The third-order valence-electron chi connectivity index (χ3n) is 4.90. The molecule has 7 nitrogen and oxygen atoms in total. The molecular formula is C17H23N5O2. The average molecular weight is 329 g/mol. The Morgan fingerprint density at radius 3 is 2.67 bits per heavy atom. The Hall–Kier alpha value is -1.99. The topological polar surface area (TPSA) is 67.4 Å². The molecule has 2 aliphatic rings. The number of nitrogens with zero attached hydrogens (tertiary/aromatic N) is 5. The van der Waals surface area contributed by atoms with E-state index in [0.29, 0.717) is 12.5 Å². The highest BCUT2D eigenvalue weighted by atomic mass is 16.5. The Morgan fingerprint density at radius 2 is 1.92 bits per heavy atom. The highest BCUT2D eigenvalue weighted by Gasteiger charge is 2.31. The first-order chi connectivity index (χ1) is 11.8.